The maximum atomic E-state index is 3.54. The number of nitrogens with one attached hydrogen (secondary N) is 1. The average Bonchev–Trinajstić information content (AvgIpc) is 2.28. The first-order valence-corrected chi connectivity index (χ1v) is 6.04. The number of hydrogen-bond acceptors (Lipinski definition) is 1. The van der Waals surface area contributed by atoms with Crippen molar-refractivity contribution in [3.05, 3.63) is 48.0 Å². The molecule has 0 heterocycles. The largest absolute Gasteiger partial charge is 0.308 e. The van der Waals surface area contributed by atoms with E-state index in [-0.39, 0.29) is 5.54 Å². The van der Waals surface area contributed by atoms with Crippen LogP contribution in [-0.2, 0) is 6.42 Å². The Morgan fingerprint density at radius 2 is 1.88 bits per heavy atom. The van der Waals surface area contributed by atoms with Gasteiger partial charge < -0.3 is 5.32 Å². The third-order valence-corrected chi connectivity index (χ3v) is 2.82. The topological polar surface area (TPSA) is 12.0 Å². The molecule has 16 heavy (non-hydrogen) atoms. The van der Waals surface area contributed by atoms with Crippen LogP contribution in [0.25, 0.3) is 0 Å². The molecule has 1 nitrogen and oxygen atoms in total. The second-order valence-corrected chi connectivity index (χ2v) is 4.82. The molecule has 1 aromatic carbocycles. The van der Waals surface area contributed by atoms with Gasteiger partial charge in [0.15, 0.2) is 0 Å². The minimum Gasteiger partial charge on any atom is -0.308 e. The first kappa shape index (κ1) is 13.0. The van der Waals surface area contributed by atoms with Crippen molar-refractivity contribution in [2.75, 3.05) is 6.54 Å². The van der Waals surface area contributed by atoms with Crippen LogP contribution in [0.3, 0.4) is 0 Å². The van der Waals surface area contributed by atoms with Gasteiger partial charge in [-0.05, 0) is 39.2 Å². The van der Waals surface area contributed by atoms with Gasteiger partial charge in [-0.2, -0.15) is 0 Å². The second-order valence-electron chi connectivity index (χ2n) is 4.82. The third kappa shape index (κ3) is 5.13. The molecule has 0 unspecified atom stereocenters. The number of aryl methyl sites for hydroxylation is 1. The van der Waals surface area contributed by atoms with Crippen molar-refractivity contribution in [1.29, 1.82) is 0 Å². The summed E-state index contributed by atoms with van der Waals surface area (Å²) in [6.07, 6.45) is 6.54. The lowest BCUT2D eigenvalue weighted by Gasteiger charge is -2.25. The van der Waals surface area contributed by atoms with Gasteiger partial charge in [0.05, 0.1) is 0 Å². The molecule has 0 radical (unpaired) electrons. The molecule has 0 aromatic heterocycles. The van der Waals surface area contributed by atoms with Crippen LogP contribution in [0.4, 0.5) is 0 Å². The highest BCUT2D eigenvalue weighted by Crippen LogP contribution is 2.13. The lowest BCUT2D eigenvalue weighted by atomic mass is 9.95. The molecule has 0 aliphatic heterocycles. The summed E-state index contributed by atoms with van der Waals surface area (Å²) in [6, 6.07) is 10.7. The van der Waals surface area contributed by atoms with Gasteiger partial charge in [0.1, 0.15) is 0 Å². The van der Waals surface area contributed by atoms with E-state index >= 15 is 0 Å². The molecule has 1 N–H and O–H groups in total. The zero-order valence-corrected chi connectivity index (χ0v) is 10.7. The summed E-state index contributed by atoms with van der Waals surface area (Å²) < 4.78 is 0. The third-order valence-electron chi connectivity index (χ3n) is 2.82. The Hall–Kier alpha value is -1.08. The monoisotopic (exact) mass is 217 g/mol. The molecule has 0 bridgehead atoms. The normalized spacial score (nSPS) is 12.2. The zero-order chi connectivity index (χ0) is 11.9. The maximum Gasteiger partial charge on any atom is 0.0139 e. The van der Waals surface area contributed by atoms with E-state index in [1.807, 2.05) is 0 Å². The summed E-state index contributed by atoms with van der Waals surface area (Å²) in [5.41, 5.74) is 1.62. The van der Waals surface area contributed by atoms with Crippen molar-refractivity contribution in [3.8, 4) is 0 Å². The molecule has 0 spiro atoms. The first-order chi connectivity index (χ1) is 7.64. The first-order valence-electron chi connectivity index (χ1n) is 6.04. The lowest BCUT2D eigenvalue weighted by Crippen LogP contribution is -2.39. The summed E-state index contributed by atoms with van der Waals surface area (Å²) in [5, 5.41) is 3.54. The fraction of sp³-hybridized carbons (Fsp3) is 0.467. The highest BCUT2D eigenvalue weighted by Gasteiger charge is 2.15. The Morgan fingerprint density at radius 1 is 1.19 bits per heavy atom. The minimum atomic E-state index is 0.204. The Kier molecular flexibility index (Phi) is 5.27. The van der Waals surface area contributed by atoms with Crippen LogP contribution >= 0.6 is 0 Å². The molecule has 1 heteroatoms. The predicted octanol–water partition coefficient (Wildman–Crippen LogP) is 3.56. The van der Waals surface area contributed by atoms with Crippen molar-refractivity contribution in [2.45, 2.75) is 39.2 Å². The van der Waals surface area contributed by atoms with E-state index in [9.17, 15) is 0 Å². The predicted molar refractivity (Wildman–Crippen MR) is 71.7 cm³/mol. The standard InChI is InChI=1S/C15H23N/c1-4-5-13-16-15(2,3)12-11-14-9-7-6-8-10-14/h4-10,16H,11-13H2,1-3H3/b5-4+. The van der Waals surface area contributed by atoms with Gasteiger partial charge in [-0.15, -0.1) is 0 Å². The molecule has 0 amide bonds. The Morgan fingerprint density at radius 3 is 2.50 bits per heavy atom. The summed E-state index contributed by atoms with van der Waals surface area (Å²) >= 11 is 0. The Bertz CT molecular complexity index is 311. The van der Waals surface area contributed by atoms with Crippen LogP contribution in [0.2, 0.25) is 0 Å². The fourth-order valence-corrected chi connectivity index (χ4v) is 1.64. The van der Waals surface area contributed by atoms with E-state index in [1.165, 1.54) is 5.56 Å². The maximum absolute atomic E-state index is 3.54. The quantitative estimate of drug-likeness (QED) is 0.718. The van der Waals surface area contributed by atoms with Gasteiger partial charge in [-0.25, -0.2) is 0 Å². The molecular formula is C15H23N. The summed E-state index contributed by atoms with van der Waals surface area (Å²) in [6.45, 7) is 7.54. The average molecular weight is 217 g/mol. The van der Waals surface area contributed by atoms with E-state index < -0.39 is 0 Å². The summed E-state index contributed by atoms with van der Waals surface area (Å²) in [5.74, 6) is 0. The number of benzene rings is 1. The van der Waals surface area contributed by atoms with Crippen LogP contribution in [-0.4, -0.2) is 12.1 Å². The number of rotatable bonds is 6. The molecule has 88 valence electrons. The van der Waals surface area contributed by atoms with Gasteiger partial charge in [0.25, 0.3) is 0 Å². The number of hydrogen-bond donors (Lipinski definition) is 1. The number of allylic oxidation sites excluding steroid dienone is 1. The SMILES string of the molecule is C/C=C/CNC(C)(C)CCc1ccccc1. The van der Waals surface area contributed by atoms with Gasteiger partial charge in [0, 0.05) is 12.1 Å². The molecule has 0 aliphatic rings. The minimum absolute atomic E-state index is 0.204. The molecular weight excluding hydrogens is 194 g/mol. The highest BCUT2D eigenvalue weighted by molar-refractivity contribution is 5.15. The van der Waals surface area contributed by atoms with Crippen LogP contribution < -0.4 is 5.32 Å². The zero-order valence-electron chi connectivity index (χ0n) is 10.7. The molecule has 0 atom stereocenters. The molecule has 1 aromatic rings. The van der Waals surface area contributed by atoms with E-state index in [2.05, 4.69) is 68.6 Å². The van der Waals surface area contributed by atoms with E-state index in [0.717, 1.165) is 19.4 Å². The Balaban J connectivity index is 2.35. The van der Waals surface area contributed by atoms with Gasteiger partial charge in [-0.3, -0.25) is 0 Å². The lowest BCUT2D eigenvalue weighted by molar-refractivity contribution is 0.379. The smallest absolute Gasteiger partial charge is 0.0139 e. The molecule has 0 aliphatic carbocycles. The summed E-state index contributed by atoms with van der Waals surface area (Å²) in [7, 11) is 0. The van der Waals surface area contributed by atoms with Gasteiger partial charge in [0.2, 0.25) is 0 Å². The van der Waals surface area contributed by atoms with E-state index in [1.54, 1.807) is 0 Å². The van der Waals surface area contributed by atoms with Crippen LogP contribution in [0.5, 0.6) is 0 Å². The molecule has 1 rings (SSSR count). The van der Waals surface area contributed by atoms with Crippen molar-refractivity contribution < 1.29 is 0 Å². The van der Waals surface area contributed by atoms with Crippen LogP contribution in [0.1, 0.15) is 32.8 Å². The van der Waals surface area contributed by atoms with E-state index in [0.29, 0.717) is 0 Å². The van der Waals surface area contributed by atoms with Crippen LogP contribution in [0, 0.1) is 0 Å². The van der Waals surface area contributed by atoms with Crippen LogP contribution in [0.15, 0.2) is 42.5 Å². The van der Waals surface area contributed by atoms with E-state index in [4.69, 9.17) is 0 Å². The van der Waals surface area contributed by atoms with Crippen molar-refractivity contribution in [2.24, 2.45) is 0 Å². The summed E-state index contributed by atoms with van der Waals surface area (Å²) in [4.78, 5) is 0. The van der Waals surface area contributed by atoms with Gasteiger partial charge in [-0.1, -0.05) is 42.5 Å². The van der Waals surface area contributed by atoms with Gasteiger partial charge >= 0.3 is 0 Å². The molecule has 0 saturated carbocycles. The van der Waals surface area contributed by atoms with Crippen molar-refractivity contribution in [3.63, 3.8) is 0 Å². The van der Waals surface area contributed by atoms with Crippen molar-refractivity contribution in [1.82, 2.24) is 5.32 Å². The highest BCUT2D eigenvalue weighted by atomic mass is 14.9. The second kappa shape index (κ2) is 6.49. The molecule has 0 fully saturated rings. The van der Waals surface area contributed by atoms with Crippen molar-refractivity contribution >= 4 is 0 Å². The fourth-order valence-electron chi connectivity index (χ4n) is 1.64. The molecule has 0 saturated heterocycles. The Labute approximate surface area is 99.6 Å².